The summed E-state index contributed by atoms with van der Waals surface area (Å²) in [4.78, 5) is 9.63. The van der Waals surface area contributed by atoms with Crippen LogP contribution in [0.15, 0.2) is 82.8 Å². The zero-order chi connectivity index (χ0) is 18.6. The van der Waals surface area contributed by atoms with Crippen LogP contribution in [0.3, 0.4) is 0 Å². The maximum Gasteiger partial charge on any atom is 0.118 e. The van der Waals surface area contributed by atoms with Crippen molar-refractivity contribution in [3.05, 3.63) is 83.4 Å². The van der Waals surface area contributed by atoms with E-state index in [9.17, 15) is 0 Å². The van der Waals surface area contributed by atoms with E-state index in [-0.39, 0.29) is 0 Å². The lowest BCUT2D eigenvalue weighted by Gasteiger charge is -2.09. The molecule has 0 atom stereocenters. The lowest BCUT2D eigenvalue weighted by atomic mass is 10.1. The van der Waals surface area contributed by atoms with Gasteiger partial charge in [0.25, 0.3) is 0 Å². The number of nitrogens with one attached hydrogen (secondary N) is 1. The molecule has 0 radical (unpaired) electrons. The van der Waals surface area contributed by atoms with Gasteiger partial charge in [-0.05, 0) is 54.1 Å². The van der Waals surface area contributed by atoms with Gasteiger partial charge in [0, 0.05) is 6.42 Å². The third-order valence-corrected chi connectivity index (χ3v) is 4.62. The van der Waals surface area contributed by atoms with Gasteiger partial charge in [-0.3, -0.25) is 4.99 Å². The summed E-state index contributed by atoms with van der Waals surface area (Å²) in [5.41, 5.74) is 4.50. The van der Waals surface area contributed by atoms with Gasteiger partial charge in [-0.2, -0.15) is 0 Å². The summed E-state index contributed by atoms with van der Waals surface area (Å²) in [6, 6.07) is 23.4. The number of ether oxygens (including phenoxy) is 1. The smallest absolute Gasteiger partial charge is 0.118 e. The molecule has 0 saturated carbocycles. The maximum atomic E-state index is 6.29. The first-order valence-electron chi connectivity index (χ1n) is 8.63. The molecule has 1 heterocycles. The summed E-state index contributed by atoms with van der Waals surface area (Å²) in [7, 11) is 1.66. The predicted molar refractivity (Wildman–Crippen MR) is 112 cm³/mol. The average Bonchev–Trinajstić information content (AvgIpc) is 2.89. The molecule has 5 heteroatoms. The Balaban J connectivity index is 1.78. The van der Waals surface area contributed by atoms with Gasteiger partial charge in [0.15, 0.2) is 0 Å². The Hall–Kier alpha value is -3.11. The topological polar surface area (TPSA) is 46.0 Å². The molecule has 0 unspecified atom stereocenters. The highest BCUT2D eigenvalue weighted by Gasteiger charge is 2.16. The second-order valence-corrected chi connectivity index (χ2v) is 6.52. The van der Waals surface area contributed by atoms with Crippen LogP contribution in [0.1, 0.15) is 12.0 Å². The molecule has 1 aliphatic rings. The molecule has 0 fully saturated rings. The number of anilines is 1. The van der Waals surface area contributed by atoms with Crippen LogP contribution in [0.4, 0.5) is 17.1 Å². The van der Waals surface area contributed by atoms with E-state index in [1.54, 1.807) is 7.11 Å². The van der Waals surface area contributed by atoms with Crippen LogP contribution in [0.2, 0.25) is 5.02 Å². The SMILES string of the molecule is COc1ccc(C2=Nc3ccccc3NC(=Nc3ccccc3Cl)C2)cc1. The first-order chi connectivity index (χ1) is 13.2. The summed E-state index contributed by atoms with van der Waals surface area (Å²) < 4.78 is 5.26. The third kappa shape index (κ3) is 3.86. The molecule has 3 aromatic carbocycles. The van der Waals surface area contributed by atoms with E-state index in [0.717, 1.165) is 39.9 Å². The molecule has 3 aromatic rings. The second kappa shape index (κ2) is 7.64. The zero-order valence-electron chi connectivity index (χ0n) is 14.8. The summed E-state index contributed by atoms with van der Waals surface area (Å²) in [5.74, 6) is 1.61. The number of nitrogens with zero attached hydrogens (tertiary/aromatic N) is 2. The number of aliphatic imine (C=N–C) groups is 2. The van der Waals surface area contributed by atoms with Crippen LogP contribution < -0.4 is 10.1 Å². The lowest BCUT2D eigenvalue weighted by molar-refractivity contribution is 0.415. The van der Waals surface area contributed by atoms with Crippen LogP contribution in [-0.2, 0) is 0 Å². The Labute approximate surface area is 163 Å². The quantitative estimate of drug-likeness (QED) is 0.608. The minimum atomic E-state index is 0.562. The average molecular weight is 376 g/mol. The van der Waals surface area contributed by atoms with E-state index in [2.05, 4.69) is 5.32 Å². The standard InChI is InChI=1S/C22H18ClN3O/c1-27-16-12-10-15(11-13-16)21-14-22(25-18-7-3-2-6-17(18)23)26-20-9-5-4-8-19(20)24-21/h2-13H,14H2,1H3,(H,25,26). The zero-order valence-corrected chi connectivity index (χ0v) is 15.6. The fourth-order valence-electron chi connectivity index (χ4n) is 2.93. The van der Waals surface area contributed by atoms with Crippen molar-refractivity contribution in [1.82, 2.24) is 0 Å². The number of rotatable bonds is 3. The summed E-state index contributed by atoms with van der Waals surface area (Å²) in [6.45, 7) is 0. The molecule has 0 spiro atoms. The number of para-hydroxylation sites is 3. The number of hydrogen-bond acceptors (Lipinski definition) is 3. The fraction of sp³-hybridized carbons (Fsp3) is 0.0909. The molecule has 4 nitrogen and oxygen atoms in total. The van der Waals surface area contributed by atoms with Crippen LogP contribution in [0.25, 0.3) is 0 Å². The Morgan fingerprint density at radius 2 is 1.70 bits per heavy atom. The Bertz CT molecular complexity index is 1030. The summed E-state index contributed by atoms with van der Waals surface area (Å²) in [5, 5.41) is 4.03. The molecule has 4 rings (SSSR count). The van der Waals surface area contributed by atoms with Crippen molar-refractivity contribution in [3.8, 4) is 5.75 Å². The first-order valence-corrected chi connectivity index (χ1v) is 9.01. The molecule has 1 aliphatic heterocycles. The van der Waals surface area contributed by atoms with Crippen LogP contribution >= 0.6 is 11.6 Å². The monoisotopic (exact) mass is 375 g/mol. The van der Waals surface area contributed by atoms with E-state index in [0.29, 0.717) is 11.4 Å². The highest BCUT2D eigenvalue weighted by Crippen LogP contribution is 2.31. The predicted octanol–water partition coefficient (Wildman–Crippen LogP) is 6.02. The highest BCUT2D eigenvalue weighted by atomic mass is 35.5. The number of fused-ring (bicyclic) bond motifs is 1. The van der Waals surface area contributed by atoms with E-state index in [4.69, 9.17) is 26.3 Å². The molecule has 0 saturated heterocycles. The van der Waals surface area contributed by atoms with Crippen molar-refractivity contribution in [2.45, 2.75) is 6.42 Å². The van der Waals surface area contributed by atoms with Crippen LogP contribution in [0, 0.1) is 0 Å². The Morgan fingerprint density at radius 3 is 2.48 bits per heavy atom. The van der Waals surface area contributed by atoms with E-state index in [1.165, 1.54) is 0 Å². The normalized spacial score (nSPS) is 14.7. The number of benzene rings is 3. The van der Waals surface area contributed by atoms with Gasteiger partial charge in [0.2, 0.25) is 0 Å². The van der Waals surface area contributed by atoms with E-state index < -0.39 is 0 Å². The van der Waals surface area contributed by atoms with Gasteiger partial charge < -0.3 is 10.1 Å². The van der Waals surface area contributed by atoms with E-state index in [1.807, 2.05) is 72.8 Å². The lowest BCUT2D eigenvalue weighted by Crippen LogP contribution is -2.15. The molecular formula is C22H18ClN3O. The number of hydrogen-bond donors (Lipinski definition) is 1. The minimum absolute atomic E-state index is 0.562. The van der Waals surface area contributed by atoms with Crippen molar-refractivity contribution < 1.29 is 4.74 Å². The maximum absolute atomic E-state index is 6.29. The number of halogens is 1. The van der Waals surface area contributed by atoms with Crippen molar-refractivity contribution >= 4 is 40.2 Å². The van der Waals surface area contributed by atoms with Gasteiger partial charge in [-0.1, -0.05) is 35.9 Å². The second-order valence-electron chi connectivity index (χ2n) is 6.12. The molecule has 0 bridgehead atoms. The Kier molecular flexibility index (Phi) is 4.90. The minimum Gasteiger partial charge on any atom is -0.497 e. The third-order valence-electron chi connectivity index (χ3n) is 4.30. The molecule has 0 aromatic heterocycles. The molecule has 27 heavy (non-hydrogen) atoms. The fourth-order valence-corrected chi connectivity index (χ4v) is 3.10. The van der Waals surface area contributed by atoms with Gasteiger partial charge in [-0.15, -0.1) is 0 Å². The van der Waals surface area contributed by atoms with Gasteiger partial charge in [0.05, 0.1) is 34.9 Å². The van der Waals surface area contributed by atoms with Gasteiger partial charge in [-0.25, -0.2) is 4.99 Å². The van der Waals surface area contributed by atoms with Crippen molar-refractivity contribution in [2.75, 3.05) is 12.4 Å². The number of amidine groups is 1. The van der Waals surface area contributed by atoms with Gasteiger partial charge >= 0.3 is 0 Å². The van der Waals surface area contributed by atoms with E-state index >= 15 is 0 Å². The van der Waals surface area contributed by atoms with Crippen molar-refractivity contribution in [2.24, 2.45) is 9.98 Å². The number of methoxy groups -OCH3 is 1. The van der Waals surface area contributed by atoms with Crippen LogP contribution in [-0.4, -0.2) is 18.7 Å². The summed E-state index contributed by atoms with van der Waals surface area (Å²) in [6.07, 6.45) is 0.562. The molecular weight excluding hydrogens is 358 g/mol. The molecule has 134 valence electrons. The molecule has 0 aliphatic carbocycles. The highest BCUT2D eigenvalue weighted by molar-refractivity contribution is 6.33. The molecule has 0 amide bonds. The van der Waals surface area contributed by atoms with Crippen molar-refractivity contribution in [1.29, 1.82) is 0 Å². The Morgan fingerprint density at radius 1 is 0.963 bits per heavy atom. The first kappa shape index (κ1) is 17.3. The van der Waals surface area contributed by atoms with Crippen molar-refractivity contribution in [3.63, 3.8) is 0 Å². The van der Waals surface area contributed by atoms with Crippen LogP contribution in [0.5, 0.6) is 5.75 Å². The molecule has 1 N–H and O–H groups in total. The van der Waals surface area contributed by atoms with Gasteiger partial charge in [0.1, 0.15) is 11.6 Å². The largest absolute Gasteiger partial charge is 0.497 e. The summed E-state index contributed by atoms with van der Waals surface area (Å²) >= 11 is 6.29.